The average Bonchev–Trinajstić information content (AvgIpc) is 2.54. The fraction of sp³-hybridized carbons (Fsp3) is 0. The van der Waals surface area contributed by atoms with E-state index < -0.39 is 41.6 Å². The predicted molar refractivity (Wildman–Crippen MR) is 82.2 cm³/mol. The first-order valence-corrected chi connectivity index (χ1v) is 9.78. The number of pyridine rings is 2. The Morgan fingerprint density at radius 1 is 0.870 bits per heavy atom. The molecule has 13 heteroatoms. The Kier molecular flexibility index (Phi) is 5.73. The lowest BCUT2D eigenvalue weighted by molar-refractivity contribution is -0.388. The molecule has 0 aliphatic heterocycles. The summed E-state index contributed by atoms with van der Waals surface area (Å²) in [7, 11) is -4.05. The maximum absolute atomic E-state index is 12.2. The van der Waals surface area contributed by atoms with Crippen molar-refractivity contribution in [3.63, 3.8) is 0 Å². The van der Waals surface area contributed by atoms with Crippen molar-refractivity contribution < 1.29 is 19.0 Å². The second-order valence-electron chi connectivity index (χ2n) is 3.71. The molecule has 120 valence electrons. The van der Waals surface area contributed by atoms with Crippen LogP contribution in [0, 0.1) is 20.2 Å². The van der Waals surface area contributed by atoms with Gasteiger partial charge in [0.05, 0.1) is 9.85 Å². The van der Waals surface area contributed by atoms with E-state index in [2.05, 4.69) is 9.97 Å². The highest BCUT2D eigenvalue weighted by molar-refractivity contribution is 9.04. The molecule has 2 heterocycles. The van der Waals surface area contributed by atoms with Crippen LogP contribution in [-0.2, 0) is 20.4 Å². The van der Waals surface area contributed by atoms with Gasteiger partial charge in [0, 0.05) is 24.5 Å². The van der Waals surface area contributed by atoms with Crippen LogP contribution < -0.4 is 0 Å². The standard InChI is InChI=1S/C10H6N4O6S3/c15-13(16)7-3-1-5-11-9(7)22(19)21-23(20)10-8(14(17)18)4-2-6-12-10/h1-6H. The Morgan fingerprint density at radius 2 is 1.26 bits per heavy atom. The molecule has 0 radical (unpaired) electrons. The van der Waals surface area contributed by atoms with Crippen LogP contribution in [0.2, 0.25) is 0 Å². The van der Waals surface area contributed by atoms with Gasteiger partial charge in [0.15, 0.2) is 0 Å². The van der Waals surface area contributed by atoms with Crippen LogP contribution in [0.1, 0.15) is 0 Å². The zero-order chi connectivity index (χ0) is 17.0. The molecular weight excluding hydrogens is 368 g/mol. The van der Waals surface area contributed by atoms with Crippen molar-refractivity contribution in [1.29, 1.82) is 0 Å². The summed E-state index contributed by atoms with van der Waals surface area (Å²) in [5.41, 5.74) is -0.989. The smallest absolute Gasteiger partial charge is 0.357 e. The van der Waals surface area contributed by atoms with E-state index in [1.165, 1.54) is 24.5 Å². The zero-order valence-corrected chi connectivity index (χ0v) is 13.4. The van der Waals surface area contributed by atoms with E-state index >= 15 is 0 Å². The van der Waals surface area contributed by atoms with Crippen molar-refractivity contribution in [2.24, 2.45) is 0 Å². The lowest BCUT2D eigenvalue weighted by Gasteiger charge is -2.07. The van der Waals surface area contributed by atoms with Crippen LogP contribution in [0.5, 0.6) is 0 Å². The van der Waals surface area contributed by atoms with Gasteiger partial charge >= 0.3 is 31.3 Å². The van der Waals surface area contributed by atoms with Gasteiger partial charge in [0.1, 0.15) is 20.4 Å². The highest BCUT2D eigenvalue weighted by Gasteiger charge is 2.38. The van der Waals surface area contributed by atoms with Crippen molar-refractivity contribution >= 4 is 41.6 Å². The summed E-state index contributed by atoms with van der Waals surface area (Å²) in [4.78, 5) is 27.5. The van der Waals surface area contributed by atoms with Crippen LogP contribution in [0.3, 0.4) is 0 Å². The van der Waals surface area contributed by atoms with E-state index in [9.17, 15) is 29.3 Å². The van der Waals surface area contributed by atoms with Crippen molar-refractivity contribution in [2.45, 2.75) is 10.1 Å². The largest absolute Gasteiger partial charge is 0.595 e. The summed E-state index contributed by atoms with van der Waals surface area (Å²) in [6.45, 7) is 0. The minimum Gasteiger partial charge on any atom is -0.595 e. The molecule has 2 unspecified atom stereocenters. The molecule has 0 saturated heterocycles. The minimum atomic E-state index is -2.17. The van der Waals surface area contributed by atoms with Gasteiger partial charge < -0.3 is 9.11 Å². The highest BCUT2D eigenvalue weighted by atomic mass is 33.5. The third kappa shape index (κ3) is 4.08. The van der Waals surface area contributed by atoms with Crippen molar-refractivity contribution in [1.82, 2.24) is 9.97 Å². The van der Waals surface area contributed by atoms with Crippen molar-refractivity contribution in [3.8, 4) is 0 Å². The fourth-order valence-corrected chi connectivity index (χ4v) is 6.25. The van der Waals surface area contributed by atoms with Gasteiger partial charge in [0.25, 0.3) is 0 Å². The molecule has 0 saturated carbocycles. The molecular formula is C10H6N4O6S3. The van der Waals surface area contributed by atoms with E-state index in [-0.39, 0.29) is 19.9 Å². The van der Waals surface area contributed by atoms with Crippen molar-refractivity contribution in [3.05, 3.63) is 56.9 Å². The fourth-order valence-electron chi connectivity index (χ4n) is 1.42. The quantitative estimate of drug-likeness (QED) is 0.318. The second-order valence-corrected chi connectivity index (χ2v) is 9.00. The van der Waals surface area contributed by atoms with Gasteiger partial charge in [-0.1, -0.05) is 0 Å². The van der Waals surface area contributed by atoms with E-state index in [0.29, 0.717) is 0 Å². The van der Waals surface area contributed by atoms with E-state index in [1.807, 2.05) is 0 Å². The van der Waals surface area contributed by atoms with Crippen molar-refractivity contribution in [2.75, 3.05) is 0 Å². The van der Waals surface area contributed by atoms with Gasteiger partial charge in [-0.05, 0) is 12.1 Å². The molecule has 2 aromatic heterocycles. The molecule has 0 aromatic carbocycles. The number of rotatable bonds is 6. The van der Waals surface area contributed by atoms with E-state index in [4.69, 9.17) is 0 Å². The molecule has 23 heavy (non-hydrogen) atoms. The Morgan fingerprint density at radius 3 is 1.61 bits per heavy atom. The van der Waals surface area contributed by atoms with Crippen LogP contribution in [-0.4, -0.2) is 28.9 Å². The Bertz CT molecular complexity index is 687. The number of nitro groups is 2. The van der Waals surface area contributed by atoms with Gasteiger partial charge in [-0.2, -0.15) is 0 Å². The molecule has 0 spiro atoms. The molecule has 2 rings (SSSR count). The van der Waals surface area contributed by atoms with E-state index in [1.54, 1.807) is 0 Å². The normalized spacial score (nSPS) is 13.3. The third-order valence-corrected chi connectivity index (χ3v) is 7.76. The Hall–Kier alpha value is -1.93. The summed E-state index contributed by atoms with van der Waals surface area (Å²) in [6, 6.07) is 4.80. The monoisotopic (exact) mass is 374 g/mol. The third-order valence-electron chi connectivity index (χ3n) is 2.33. The lowest BCUT2D eigenvalue weighted by Crippen LogP contribution is -2.10. The van der Waals surface area contributed by atoms with Gasteiger partial charge in [-0.25, -0.2) is 9.97 Å². The molecule has 0 bridgehead atoms. The number of hydrogen-bond donors (Lipinski definition) is 0. The minimum absolute atomic E-state index is 0.279. The summed E-state index contributed by atoms with van der Waals surface area (Å²) in [5.74, 6) is 0. The molecule has 10 nitrogen and oxygen atoms in total. The second kappa shape index (κ2) is 7.56. The lowest BCUT2D eigenvalue weighted by atomic mass is 10.4. The Labute approximate surface area is 137 Å². The maximum Gasteiger partial charge on any atom is 0.357 e. The summed E-state index contributed by atoms with van der Waals surface area (Å²) in [6.07, 6.45) is 2.40. The van der Waals surface area contributed by atoms with Gasteiger partial charge in [-0.15, -0.1) is 0 Å². The molecule has 0 aliphatic carbocycles. The van der Waals surface area contributed by atoms with Crippen LogP contribution in [0.4, 0.5) is 11.4 Å². The number of nitrogens with zero attached hydrogens (tertiary/aromatic N) is 4. The van der Waals surface area contributed by atoms with Gasteiger partial charge in [0.2, 0.25) is 0 Å². The molecule has 0 fully saturated rings. The summed E-state index contributed by atoms with van der Waals surface area (Å²) < 4.78 is 24.3. The molecule has 0 aliphatic rings. The highest BCUT2D eigenvalue weighted by Crippen LogP contribution is 2.37. The molecule has 0 N–H and O–H groups in total. The zero-order valence-electron chi connectivity index (χ0n) is 10.9. The topological polar surface area (TPSA) is 158 Å². The Balaban J connectivity index is 2.26. The average molecular weight is 374 g/mol. The summed E-state index contributed by atoms with van der Waals surface area (Å²) in [5, 5.41) is 21.0. The van der Waals surface area contributed by atoms with E-state index in [0.717, 1.165) is 12.1 Å². The van der Waals surface area contributed by atoms with Crippen LogP contribution in [0.15, 0.2) is 46.7 Å². The van der Waals surface area contributed by atoms with Crippen LogP contribution >= 0.6 is 9.83 Å². The number of hydrogen-bond acceptors (Lipinski definition) is 9. The molecule has 2 aromatic rings. The maximum atomic E-state index is 12.2. The molecule has 2 atom stereocenters. The van der Waals surface area contributed by atoms with Crippen LogP contribution in [0.25, 0.3) is 0 Å². The predicted octanol–water partition coefficient (Wildman–Crippen LogP) is 1.77. The SMILES string of the molecule is O=[N+]([O-])c1cccnc1[S+]([O-])S[S+]([O-])c1ncccc1[N+](=O)[O-]. The number of aromatic nitrogens is 2. The summed E-state index contributed by atoms with van der Waals surface area (Å²) >= 11 is 0. The first-order valence-electron chi connectivity index (χ1n) is 5.63. The molecule has 0 amide bonds. The van der Waals surface area contributed by atoms with Gasteiger partial charge in [-0.3, -0.25) is 20.2 Å². The first-order chi connectivity index (χ1) is 10.9. The first kappa shape index (κ1) is 17.4.